The molecule has 0 radical (unpaired) electrons. The molecule has 0 bridgehead atoms. The predicted molar refractivity (Wildman–Crippen MR) is 64.7 cm³/mol. The summed E-state index contributed by atoms with van der Waals surface area (Å²) in [7, 11) is 0. The molecule has 0 nitrogen and oxygen atoms in total. The number of alkyl halides is 1. The van der Waals surface area contributed by atoms with E-state index in [9.17, 15) is 0 Å². The summed E-state index contributed by atoms with van der Waals surface area (Å²) in [4.78, 5) is 0.746. The van der Waals surface area contributed by atoms with Gasteiger partial charge in [0.15, 0.2) is 0 Å². The average Bonchev–Trinajstić information content (AvgIpc) is 2.52. The monoisotopic (exact) mass is 252 g/mol. The molecular formula is C13H17Br. The second-order valence-corrected chi connectivity index (χ2v) is 5.58. The van der Waals surface area contributed by atoms with Crippen molar-refractivity contribution in [1.29, 1.82) is 0 Å². The van der Waals surface area contributed by atoms with E-state index in [0.717, 1.165) is 16.7 Å². The van der Waals surface area contributed by atoms with Gasteiger partial charge < -0.3 is 0 Å². The molecule has 3 unspecified atom stereocenters. The molecular weight excluding hydrogens is 236 g/mol. The minimum Gasteiger partial charge on any atom is -0.0888 e. The van der Waals surface area contributed by atoms with Gasteiger partial charge in [-0.05, 0) is 36.7 Å². The summed E-state index contributed by atoms with van der Waals surface area (Å²) in [6.07, 6.45) is 3.98. The fourth-order valence-electron chi connectivity index (χ4n) is 2.40. The van der Waals surface area contributed by atoms with Gasteiger partial charge in [0.05, 0.1) is 0 Å². The predicted octanol–water partition coefficient (Wildman–Crippen LogP) is 4.04. The summed E-state index contributed by atoms with van der Waals surface area (Å²) < 4.78 is 0. The van der Waals surface area contributed by atoms with Crippen molar-refractivity contribution in [2.45, 2.75) is 31.0 Å². The van der Waals surface area contributed by atoms with Crippen LogP contribution in [0.5, 0.6) is 0 Å². The van der Waals surface area contributed by atoms with Crippen LogP contribution in [0.25, 0.3) is 0 Å². The second-order valence-electron chi connectivity index (χ2n) is 4.40. The van der Waals surface area contributed by atoms with Crippen LogP contribution in [0, 0.1) is 11.8 Å². The number of halogens is 1. The van der Waals surface area contributed by atoms with Crippen LogP contribution in [-0.4, -0.2) is 4.83 Å². The van der Waals surface area contributed by atoms with E-state index >= 15 is 0 Å². The fourth-order valence-corrected chi connectivity index (χ4v) is 3.10. The average molecular weight is 253 g/mol. The summed E-state index contributed by atoms with van der Waals surface area (Å²) >= 11 is 3.76. The fraction of sp³-hybridized carbons (Fsp3) is 0.538. The van der Waals surface area contributed by atoms with E-state index in [1.54, 1.807) is 0 Å². The van der Waals surface area contributed by atoms with Gasteiger partial charge in [-0.25, -0.2) is 0 Å². The molecule has 0 N–H and O–H groups in total. The lowest BCUT2D eigenvalue weighted by atomic mass is 9.91. The third kappa shape index (κ3) is 2.20. The molecule has 1 saturated carbocycles. The first-order valence-electron chi connectivity index (χ1n) is 5.45. The second kappa shape index (κ2) is 4.48. The standard InChI is InChI=1S/C13H17Br/c1-10-12(7-8-13(10)14)9-11-5-3-2-4-6-11/h2-6,10,12-13H,7-9H2,1H3. The van der Waals surface area contributed by atoms with Gasteiger partial charge in [-0.15, -0.1) is 0 Å². The number of benzene rings is 1. The summed E-state index contributed by atoms with van der Waals surface area (Å²) in [5, 5.41) is 0. The van der Waals surface area contributed by atoms with Gasteiger partial charge >= 0.3 is 0 Å². The van der Waals surface area contributed by atoms with E-state index in [1.807, 2.05) is 0 Å². The molecule has 76 valence electrons. The Bertz CT molecular complexity index is 281. The topological polar surface area (TPSA) is 0 Å². The van der Waals surface area contributed by atoms with Crippen molar-refractivity contribution in [3.05, 3.63) is 35.9 Å². The van der Waals surface area contributed by atoms with Crippen molar-refractivity contribution < 1.29 is 0 Å². The van der Waals surface area contributed by atoms with Crippen LogP contribution in [0.15, 0.2) is 30.3 Å². The maximum absolute atomic E-state index is 3.76. The molecule has 0 heterocycles. The summed E-state index contributed by atoms with van der Waals surface area (Å²) in [6.45, 7) is 2.38. The van der Waals surface area contributed by atoms with Gasteiger partial charge in [-0.2, -0.15) is 0 Å². The van der Waals surface area contributed by atoms with Crippen LogP contribution in [0.1, 0.15) is 25.3 Å². The molecule has 3 atom stereocenters. The molecule has 1 aromatic carbocycles. The van der Waals surface area contributed by atoms with Crippen LogP contribution >= 0.6 is 15.9 Å². The van der Waals surface area contributed by atoms with Gasteiger partial charge in [0.2, 0.25) is 0 Å². The Morgan fingerprint density at radius 3 is 2.50 bits per heavy atom. The molecule has 0 spiro atoms. The maximum atomic E-state index is 3.76. The smallest absolute Gasteiger partial charge is 0.0174 e. The van der Waals surface area contributed by atoms with Crippen LogP contribution in [0.4, 0.5) is 0 Å². The zero-order chi connectivity index (χ0) is 9.97. The molecule has 1 aliphatic carbocycles. The number of hydrogen-bond donors (Lipinski definition) is 0. The minimum absolute atomic E-state index is 0.746. The van der Waals surface area contributed by atoms with Crippen molar-refractivity contribution in [1.82, 2.24) is 0 Å². The van der Waals surface area contributed by atoms with Gasteiger partial charge in [-0.1, -0.05) is 53.2 Å². The molecule has 1 heteroatoms. The molecule has 2 rings (SSSR count). The molecule has 0 saturated heterocycles. The zero-order valence-corrected chi connectivity index (χ0v) is 10.2. The molecule has 0 amide bonds. The molecule has 1 aliphatic rings. The lowest BCUT2D eigenvalue weighted by molar-refractivity contribution is 0.423. The van der Waals surface area contributed by atoms with Crippen LogP contribution in [-0.2, 0) is 6.42 Å². The Balaban J connectivity index is 1.99. The zero-order valence-electron chi connectivity index (χ0n) is 8.62. The van der Waals surface area contributed by atoms with E-state index in [-0.39, 0.29) is 0 Å². The molecule has 1 fully saturated rings. The van der Waals surface area contributed by atoms with E-state index < -0.39 is 0 Å². The summed E-state index contributed by atoms with van der Waals surface area (Å²) in [5.41, 5.74) is 1.49. The van der Waals surface area contributed by atoms with E-state index in [2.05, 4.69) is 53.2 Å². The largest absolute Gasteiger partial charge is 0.0888 e. The van der Waals surface area contributed by atoms with Gasteiger partial charge in [0, 0.05) is 4.83 Å². The Kier molecular flexibility index (Phi) is 3.27. The number of hydrogen-bond acceptors (Lipinski definition) is 0. The van der Waals surface area contributed by atoms with E-state index in [0.29, 0.717) is 0 Å². The highest BCUT2D eigenvalue weighted by Gasteiger charge is 2.30. The first kappa shape index (κ1) is 10.2. The van der Waals surface area contributed by atoms with E-state index in [1.165, 1.54) is 24.8 Å². The van der Waals surface area contributed by atoms with Crippen molar-refractivity contribution >= 4 is 15.9 Å². The summed E-state index contributed by atoms with van der Waals surface area (Å²) in [5.74, 6) is 1.71. The highest BCUT2D eigenvalue weighted by atomic mass is 79.9. The first-order chi connectivity index (χ1) is 6.77. The van der Waals surface area contributed by atoms with E-state index in [4.69, 9.17) is 0 Å². The van der Waals surface area contributed by atoms with Crippen molar-refractivity contribution in [2.75, 3.05) is 0 Å². The Morgan fingerprint density at radius 2 is 1.93 bits per heavy atom. The van der Waals surface area contributed by atoms with Crippen LogP contribution in [0.2, 0.25) is 0 Å². The quantitative estimate of drug-likeness (QED) is 0.698. The molecule has 0 aliphatic heterocycles. The van der Waals surface area contributed by atoms with Gasteiger partial charge in [-0.3, -0.25) is 0 Å². The maximum Gasteiger partial charge on any atom is 0.0174 e. The highest BCUT2D eigenvalue weighted by molar-refractivity contribution is 9.09. The lowest BCUT2D eigenvalue weighted by Gasteiger charge is -2.17. The summed E-state index contributed by atoms with van der Waals surface area (Å²) in [6, 6.07) is 10.9. The normalized spacial score (nSPS) is 32.0. The number of rotatable bonds is 2. The third-order valence-corrected chi connectivity index (χ3v) is 4.76. The van der Waals surface area contributed by atoms with Gasteiger partial charge in [0.1, 0.15) is 0 Å². The van der Waals surface area contributed by atoms with Crippen LogP contribution in [0.3, 0.4) is 0 Å². The third-order valence-electron chi connectivity index (χ3n) is 3.47. The van der Waals surface area contributed by atoms with Gasteiger partial charge in [0.25, 0.3) is 0 Å². The van der Waals surface area contributed by atoms with Crippen molar-refractivity contribution in [3.63, 3.8) is 0 Å². The van der Waals surface area contributed by atoms with Crippen molar-refractivity contribution in [3.8, 4) is 0 Å². The first-order valence-corrected chi connectivity index (χ1v) is 6.37. The van der Waals surface area contributed by atoms with Crippen LogP contribution < -0.4 is 0 Å². The SMILES string of the molecule is CC1C(Br)CCC1Cc1ccccc1. The Labute approximate surface area is 94.8 Å². The Morgan fingerprint density at radius 1 is 1.21 bits per heavy atom. The minimum atomic E-state index is 0.746. The molecule has 1 aromatic rings. The molecule has 14 heavy (non-hydrogen) atoms. The highest BCUT2D eigenvalue weighted by Crippen LogP contribution is 2.38. The lowest BCUT2D eigenvalue weighted by Crippen LogP contribution is -2.12. The molecule has 0 aromatic heterocycles. The van der Waals surface area contributed by atoms with Crippen molar-refractivity contribution in [2.24, 2.45) is 11.8 Å². The Hall–Kier alpha value is -0.300.